The molecule has 0 unspecified atom stereocenters. The number of nitrogens with zero attached hydrogens (tertiary/aromatic N) is 2. The Bertz CT molecular complexity index is 2520. The highest BCUT2D eigenvalue weighted by Crippen LogP contribution is 2.57. The number of fused-ring (bicyclic) bond motifs is 13. The van der Waals surface area contributed by atoms with Gasteiger partial charge in [0, 0.05) is 20.8 Å². The van der Waals surface area contributed by atoms with Crippen LogP contribution in [-0.4, -0.2) is 9.13 Å². The topological polar surface area (TPSA) is 9.86 Å². The van der Waals surface area contributed by atoms with Crippen LogP contribution in [-0.2, 0) is 0 Å². The summed E-state index contributed by atoms with van der Waals surface area (Å²) in [6.45, 7) is 4.33. The van der Waals surface area contributed by atoms with Crippen LogP contribution in [0.15, 0.2) is 68.2 Å². The van der Waals surface area contributed by atoms with Gasteiger partial charge in [0.05, 0.1) is 67.2 Å². The average Bonchev–Trinajstić information content (AvgIpc) is 3.80. The molecule has 10 heteroatoms. The number of hydrogen-bond donors (Lipinski definition) is 0. The first-order valence-electron chi connectivity index (χ1n) is 13.2. The van der Waals surface area contributed by atoms with Crippen molar-refractivity contribution in [2.24, 2.45) is 0 Å². The summed E-state index contributed by atoms with van der Waals surface area (Å²) in [6, 6.07) is 22.7. The molecule has 0 saturated carbocycles. The van der Waals surface area contributed by atoms with Gasteiger partial charge in [-0.2, -0.15) is 0 Å². The molecule has 0 saturated heterocycles. The first-order chi connectivity index (χ1) is 20.4. The van der Waals surface area contributed by atoms with Crippen LogP contribution in [0, 0.1) is 13.8 Å². The highest BCUT2D eigenvalue weighted by Gasteiger charge is 2.29. The monoisotopic (exact) mass is 778 g/mol. The van der Waals surface area contributed by atoms with Gasteiger partial charge in [0.1, 0.15) is 0 Å². The fraction of sp³-hybridized carbons (Fsp3) is 0.0625. The van der Waals surface area contributed by atoms with E-state index in [0.29, 0.717) is 0 Å². The third kappa shape index (κ3) is 3.27. The quantitative estimate of drug-likeness (QED) is 0.165. The summed E-state index contributed by atoms with van der Waals surface area (Å²) >= 11 is 19.1. The number of halogens is 2. The lowest BCUT2D eigenvalue weighted by Crippen LogP contribution is -1.93. The molecule has 0 aliphatic carbocycles. The molecule has 10 rings (SSSR count). The standard InChI is InChI=1S/C32H16Br2N2S6/c1-13-3-7-15(8-4-13)35-21-25-17(11-19(33)39-25)37-27(21)29-23(35)31-32(41-29)24-30(42-31)28-22(26-18(38-28)12-20(34)40-26)36(24)16-9-5-14(2)6-10-16/h3-12H,1-2H3. The van der Waals surface area contributed by atoms with Crippen molar-refractivity contribution in [3.8, 4) is 11.4 Å². The Balaban J connectivity index is 1.42. The Morgan fingerprint density at radius 2 is 0.762 bits per heavy atom. The van der Waals surface area contributed by atoms with E-state index in [2.05, 4.69) is 116 Å². The van der Waals surface area contributed by atoms with Crippen LogP contribution in [0.5, 0.6) is 0 Å². The summed E-state index contributed by atoms with van der Waals surface area (Å²) in [6.07, 6.45) is 0. The highest BCUT2D eigenvalue weighted by molar-refractivity contribution is 9.11. The van der Waals surface area contributed by atoms with E-state index in [1.54, 1.807) is 0 Å². The summed E-state index contributed by atoms with van der Waals surface area (Å²) in [4.78, 5) is 0. The van der Waals surface area contributed by atoms with E-state index < -0.39 is 0 Å². The average molecular weight is 781 g/mol. The van der Waals surface area contributed by atoms with E-state index in [1.165, 1.54) is 99.1 Å². The third-order valence-electron chi connectivity index (χ3n) is 7.99. The Morgan fingerprint density at radius 3 is 1.14 bits per heavy atom. The fourth-order valence-electron chi connectivity index (χ4n) is 6.16. The lowest BCUT2D eigenvalue weighted by Gasteiger charge is -2.08. The van der Waals surface area contributed by atoms with Crippen molar-refractivity contribution in [2.75, 3.05) is 0 Å². The molecule has 0 amide bonds. The minimum atomic E-state index is 1.19. The second-order valence-corrected chi connectivity index (χ2v) is 19.6. The van der Waals surface area contributed by atoms with Gasteiger partial charge >= 0.3 is 0 Å². The van der Waals surface area contributed by atoms with Crippen molar-refractivity contribution in [3.63, 3.8) is 0 Å². The predicted molar refractivity (Wildman–Crippen MR) is 200 cm³/mol. The summed E-state index contributed by atoms with van der Waals surface area (Å²) in [5.74, 6) is 0. The highest BCUT2D eigenvalue weighted by atomic mass is 79.9. The molecule has 0 atom stereocenters. The van der Waals surface area contributed by atoms with Crippen molar-refractivity contribution in [1.29, 1.82) is 0 Å². The fourth-order valence-corrected chi connectivity index (χ4v) is 15.7. The molecule has 2 aromatic carbocycles. The van der Waals surface area contributed by atoms with E-state index in [-0.39, 0.29) is 0 Å². The first kappa shape index (κ1) is 25.3. The molecule has 42 heavy (non-hydrogen) atoms. The molecule has 8 aromatic heterocycles. The smallest absolute Gasteiger partial charge is 0.0838 e. The van der Waals surface area contributed by atoms with Crippen LogP contribution in [0.2, 0.25) is 0 Å². The van der Waals surface area contributed by atoms with Crippen molar-refractivity contribution in [3.05, 3.63) is 79.4 Å². The van der Waals surface area contributed by atoms with Crippen LogP contribution in [0.25, 0.3) is 80.4 Å². The summed E-state index contributed by atoms with van der Waals surface area (Å²) in [5, 5.41) is 0. The second kappa shape index (κ2) is 8.79. The van der Waals surface area contributed by atoms with Gasteiger partial charge in [-0.05, 0) is 82.1 Å². The van der Waals surface area contributed by atoms with Crippen LogP contribution in [0.1, 0.15) is 11.1 Å². The van der Waals surface area contributed by atoms with Gasteiger partial charge in [0.2, 0.25) is 0 Å². The zero-order valence-electron chi connectivity index (χ0n) is 21.9. The molecule has 10 aromatic rings. The molecular formula is C32H16Br2N2S6. The van der Waals surface area contributed by atoms with Gasteiger partial charge in [0.25, 0.3) is 0 Å². The second-order valence-electron chi connectivity index (χ2n) is 10.6. The molecular weight excluding hydrogens is 765 g/mol. The van der Waals surface area contributed by atoms with E-state index in [4.69, 9.17) is 0 Å². The third-order valence-corrected chi connectivity index (χ3v) is 16.6. The molecule has 204 valence electrons. The van der Waals surface area contributed by atoms with Crippen LogP contribution in [0.3, 0.4) is 0 Å². The Hall–Kier alpha value is -2.02. The lowest BCUT2D eigenvalue weighted by molar-refractivity contribution is 1.19. The Labute approximate surface area is 279 Å². The molecule has 0 spiro atoms. The minimum Gasteiger partial charge on any atom is -0.305 e. The van der Waals surface area contributed by atoms with Crippen molar-refractivity contribution in [1.82, 2.24) is 9.13 Å². The zero-order valence-corrected chi connectivity index (χ0v) is 29.9. The SMILES string of the molecule is Cc1ccc(-n2c3c4sc(Br)cc4sc3c3sc4c(sc5c6sc7cc(Br)sc7c6n(-c6ccc(C)cc6)c54)c32)cc1. The zero-order chi connectivity index (χ0) is 28.0. The maximum atomic E-state index is 3.76. The van der Waals surface area contributed by atoms with Gasteiger partial charge in [-0.3, -0.25) is 0 Å². The molecule has 0 aliphatic heterocycles. The Morgan fingerprint density at radius 1 is 0.429 bits per heavy atom. The predicted octanol–water partition coefficient (Wildman–Crippen LogP) is 13.9. The number of hydrogen-bond acceptors (Lipinski definition) is 6. The van der Waals surface area contributed by atoms with Gasteiger partial charge in [-0.1, -0.05) is 35.4 Å². The summed E-state index contributed by atoms with van der Waals surface area (Å²) < 4.78 is 21.4. The van der Waals surface area contributed by atoms with Crippen molar-refractivity contribution in [2.45, 2.75) is 13.8 Å². The Kier molecular flexibility index (Phi) is 5.30. The molecule has 0 bridgehead atoms. The van der Waals surface area contributed by atoms with E-state index in [0.717, 1.165) is 0 Å². The molecule has 0 N–H and O–H groups in total. The largest absolute Gasteiger partial charge is 0.305 e. The number of aromatic nitrogens is 2. The minimum absolute atomic E-state index is 1.19. The maximum Gasteiger partial charge on any atom is 0.0838 e. The normalized spacial score (nSPS) is 12.8. The molecule has 2 nitrogen and oxygen atoms in total. The van der Waals surface area contributed by atoms with E-state index in [9.17, 15) is 0 Å². The van der Waals surface area contributed by atoms with Gasteiger partial charge < -0.3 is 9.13 Å². The number of benzene rings is 2. The van der Waals surface area contributed by atoms with Crippen molar-refractivity contribution < 1.29 is 0 Å². The molecule has 0 fully saturated rings. The van der Waals surface area contributed by atoms with Gasteiger partial charge in [-0.25, -0.2) is 0 Å². The summed E-state index contributed by atoms with van der Waals surface area (Å²) in [7, 11) is 0. The van der Waals surface area contributed by atoms with E-state index >= 15 is 0 Å². The van der Waals surface area contributed by atoms with Gasteiger partial charge in [-0.15, -0.1) is 68.0 Å². The summed E-state index contributed by atoms with van der Waals surface area (Å²) in [5.41, 5.74) is 10.4. The molecule has 8 heterocycles. The number of aryl methyl sites for hydroxylation is 2. The first-order valence-corrected chi connectivity index (χ1v) is 19.7. The number of thiophene rings is 6. The van der Waals surface area contributed by atoms with Crippen molar-refractivity contribution >= 4 is 169 Å². The van der Waals surface area contributed by atoms with Crippen LogP contribution >= 0.6 is 99.9 Å². The van der Waals surface area contributed by atoms with Crippen LogP contribution < -0.4 is 0 Å². The maximum absolute atomic E-state index is 3.76. The molecule has 0 aliphatic rings. The lowest BCUT2D eigenvalue weighted by atomic mass is 10.2. The van der Waals surface area contributed by atoms with E-state index in [1.807, 2.05) is 68.0 Å². The number of rotatable bonds is 2. The van der Waals surface area contributed by atoms with Crippen LogP contribution in [0.4, 0.5) is 0 Å². The van der Waals surface area contributed by atoms with Gasteiger partial charge in [0.15, 0.2) is 0 Å². The molecule has 0 radical (unpaired) electrons.